The standard InChI is InChI=1S/C28H34ClFN4O4S/c1-6-31-25(35)24(26(36)38-28(2,3)4)32-14-7-15-34-22(18-8-11-20(30)12-9-18)17-39-27(34)33-21-13-10-19(29)16-23(21)37-5/h8-13,16-17,24,32H,6-7,14-15H2,1-5H3,(H,31,35). The van der Waals surface area contributed by atoms with Crippen LogP contribution in [-0.2, 0) is 20.9 Å². The summed E-state index contributed by atoms with van der Waals surface area (Å²) in [5, 5.41) is 8.21. The van der Waals surface area contributed by atoms with Crippen molar-refractivity contribution >= 4 is 40.5 Å². The number of nitrogens with zero attached hydrogens (tertiary/aromatic N) is 2. The van der Waals surface area contributed by atoms with Gasteiger partial charge in [-0.25, -0.2) is 14.2 Å². The second-order valence-corrected chi connectivity index (χ2v) is 10.9. The van der Waals surface area contributed by atoms with Crippen LogP contribution in [0.1, 0.15) is 34.1 Å². The van der Waals surface area contributed by atoms with Gasteiger partial charge in [0.2, 0.25) is 5.91 Å². The molecule has 0 radical (unpaired) electrons. The number of ether oxygens (including phenoxy) is 2. The zero-order valence-electron chi connectivity index (χ0n) is 22.7. The molecule has 2 aromatic carbocycles. The van der Waals surface area contributed by atoms with Crippen molar-refractivity contribution in [2.75, 3.05) is 20.2 Å². The molecular weight excluding hydrogens is 543 g/mol. The highest BCUT2D eigenvalue weighted by molar-refractivity contribution is 7.07. The van der Waals surface area contributed by atoms with Gasteiger partial charge in [-0.2, -0.15) is 0 Å². The average Bonchev–Trinajstić information content (AvgIpc) is 3.26. The first-order valence-electron chi connectivity index (χ1n) is 12.6. The van der Waals surface area contributed by atoms with Gasteiger partial charge in [-0.3, -0.25) is 10.1 Å². The normalized spacial score (nSPS) is 12.7. The van der Waals surface area contributed by atoms with Crippen LogP contribution < -0.4 is 20.2 Å². The Morgan fingerprint density at radius 3 is 2.54 bits per heavy atom. The molecule has 0 aliphatic rings. The lowest BCUT2D eigenvalue weighted by molar-refractivity contribution is -0.159. The van der Waals surface area contributed by atoms with Crippen molar-refractivity contribution in [3.8, 4) is 17.0 Å². The van der Waals surface area contributed by atoms with E-state index in [2.05, 4.69) is 10.6 Å². The molecular formula is C28H34ClFN4O4S. The van der Waals surface area contributed by atoms with Gasteiger partial charge >= 0.3 is 5.97 Å². The third-order valence-corrected chi connectivity index (χ3v) is 6.56. The van der Waals surface area contributed by atoms with E-state index in [9.17, 15) is 14.0 Å². The second kappa shape index (κ2) is 13.7. The monoisotopic (exact) mass is 576 g/mol. The molecule has 3 rings (SSSR count). The van der Waals surface area contributed by atoms with Crippen LogP contribution in [0.4, 0.5) is 10.1 Å². The van der Waals surface area contributed by atoms with Crippen molar-refractivity contribution in [2.24, 2.45) is 4.99 Å². The number of halogens is 2. The number of nitrogens with one attached hydrogen (secondary N) is 2. The molecule has 1 amide bonds. The van der Waals surface area contributed by atoms with E-state index in [-0.39, 0.29) is 5.82 Å². The van der Waals surface area contributed by atoms with E-state index in [1.165, 1.54) is 23.5 Å². The average molecular weight is 577 g/mol. The molecule has 1 atom stereocenters. The lowest BCUT2D eigenvalue weighted by atomic mass is 10.1. The summed E-state index contributed by atoms with van der Waals surface area (Å²) in [6.45, 7) is 8.31. The Bertz CT molecular complexity index is 1350. The lowest BCUT2D eigenvalue weighted by Crippen LogP contribution is -2.51. The van der Waals surface area contributed by atoms with E-state index in [4.69, 9.17) is 26.1 Å². The fourth-order valence-corrected chi connectivity index (χ4v) is 4.85. The van der Waals surface area contributed by atoms with E-state index in [1.807, 2.05) is 9.95 Å². The van der Waals surface area contributed by atoms with Crippen molar-refractivity contribution in [1.82, 2.24) is 15.2 Å². The molecule has 0 aliphatic heterocycles. The maximum absolute atomic E-state index is 13.6. The lowest BCUT2D eigenvalue weighted by Gasteiger charge is -2.24. The number of hydrogen-bond acceptors (Lipinski definition) is 7. The Hall–Kier alpha value is -3.21. The number of hydrogen-bond donors (Lipinski definition) is 2. The van der Waals surface area contributed by atoms with Gasteiger partial charge in [-0.05, 0) is 82.6 Å². The molecule has 1 unspecified atom stereocenters. The van der Waals surface area contributed by atoms with E-state index in [0.717, 1.165) is 11.3 Å². The van der Waals surface area contributed by atoms with Crippen LogP contribution in [0.15, 0.2) is 52.8 Å². The molecule has 3 aromatic rings. The van der Waals surface area contributed by atoms with Crippen LogP contribution in [0.25, 0.3) is 11.3 Å². The fourth-order valence-electron chi connectivity index (χ4n) is 3.74. The van der Waals surface area contributed by atoms with E-state index >= 15 is 0 Å². The minimum Gasteiger partial charge on any atom is -0.494 e. The number of carbonyl (C=O) groups is 2. The number of amides is 1. The quantitative estimate of drug-likeness (QED) is 0.189. The number of benzene rings is 2. The van der Waals surface area contributed by atoms with E-state index < -0.39 is 23.5 Å². The molecule has 1 aromatic heterocycles. The van der Waals surface area contributed by atoms with Crippen LogP contribution >= 0.6 is 22.9 Å². The first-order valence-corrected chi connectivity index (χ1v) is 13.8. The van der Waals surface area contributed by atoms with Crippen LogP contribution in [0.3, 0.4) is 0 Å². The summed E-state index contributed by atoms with van der Waals surface area (Å²) >= 11 is 7.55. The summed E-state index contributed by atoms with van der Waals surface area (Å²) < 4.78 is 26.5. The maximum atomic E-state index is 13.6. The first-order chi connectivity index (χ1) is 18.5. The summed E-state index contributed by atoms with van der Waals surface area (Å²) in [6.07, 6.45) is 0.564. The van der Waals surface area contributed by atoms with Crippen molar-refractivity contribution < 1.29 is 23.5 Å². The first kappa shape index (κ1) is 30.3. The molecule has 0 spiro atoms. The Balaban J connectivity index is 1.87. The third-order valence-electron chi connectivity index (χ3n) is 5.46. The van der Waals surface area contributed by atoms with Crippen LogP contribution in [0.5, 0.6) is 5.75 Å². The smallest absolute Gasteiger partial charge is 0.333 e. The molecule has 8 nitrogen and oxygen atoms in total. The number of carbonyl (C=O) groups excluding carboxylic acids is 2. The maximum Gasteiger partial charge on any atom is 0.333 e. The van der Waals surface area contributed by atoms with Crippen molar-refractivity contribution in [3.05, 3.63) is 63.5 Å². The van der Waals surface area contributed by atoms with Crippen LogP contribution in [0.2, 0.25) is 5.02 Å². The van der Waals surface area contributed by atoms with E-state index in [0.29, 0.717) is 47.3 Å². The summed E-state index contributed by atoms with van der Waals surface area (Å²) in [5.41, 5.74) is 1.58. The molecule has 0 fully saturated rings. The highest BCUT2D eigenvalue weighted by Crippen LogP contribution is 2.30. The number of likely N-dealkylation sites (N-methyl/N-ethyl adjacent to an activating group) is 1. The van der Waals surface area contributed by atoms with E-state index in [1.54, 1.807) is 65.1 Å². The molecule has 0 bridgehead atoms. The van der Waals surface area contributed by atoms with Gasteiger partial charge in [-0.15, -0.1) is 11.3 Å². The highest BCUT2D eigenvalue weighted by Gasteiger charge is 2.30. The molecule has 39 heavy (non-hydrogen) atoms. The number of aromatic nitrogens is 1. The molecule has 1 heterocycles. The van der Waals surface area contributed by atoms with Crippen LogP contribution in [0, 0.1) is 5.82 Å². The summed E-state index contributed by atoms with van der Waals surface area (Å²) in [7, 11) is 1.55. The predicted molar refractivity (Wildman–Crippen MR) is 152 cm³/mol. The highest BCUT2D eigenvalue weighted by atomic mass is 35.5. The van der Waals surface area contributed by atoms with Crippen molar-refractivity contribution in [2.45, 2.75) is 52.3 Å². The van der Waals surface area contributed by atoms with Gasteiger partial charge in [0.25, 0.3) is 0 Å². The topological polar surface area (TPSA) is 94.0 Å². The van der Waals surface area contributed by atoms with Gasteiger partial charge in [0.1, 0.15) is 22.9 Å². The summed E-state index contributed by atoms with van der Waals surface area (Å²) in [6, 6.07) is 10.3. The Labute approximate surface area is 236 Å². The van der Waals surface area contributed by atoms with Gasteiger partial charge in [0.05, 0.1) is 12.8 Å². The SMILES string of the molecule is CCNC(=O)C(NCCCn1c(-c2ccc(F)cc2)csc1=Nc1ccc(Cl)cc1OC)C(=O)OC(C)(C)C. The zero-order valence-corrected chi connectivity index (χ0v) is 24.3. The number of thiazole rings is 1. The van der Waals surface area contributed by atoms with Gasteiger partial charge in [0, 0.05) is 29.6 Å². The van der Waals surface area contributed by atoms with Gasteiger partial charge in [0.15, 0.2) is 10.8 Å². The Morgan fingerprint density at radius 1 is 1.18 bits per heavy atom. The fraction of sp³-hybridized carbons (Fsp3) is 0.393. The number of esters is 1. The molecule has 210 valence electrons. The van der Waals surface area contributed by atoms with Gasteiger partial charge in [-0.1, -0.05) is 11.6 Å². The Morgan fingerprint density at radius 2 is 1.90 bits per heavy atom. The van der Waals surface area contributed by atoms with Crippen molar-refractivity contribution in [3.63, 3.8) is 0 Å². The minimum absolute atomic E-state index is 0.320. The zero-order chi connectivity index (χ0) is 28.6. The number of methoxy groups -OCH3 is 1. The molecule has 0 saturated carbocycles. The minimum atomic E-state index is -1.13. The molecule has 0 saturated heterocycles. The predicted octanol–water partition coefficient (Wildman–Crippen LogP) is 5.08. The second-order valence-electron chi connectivity index (χ2n) is 9.66. The Kier molecular flexibility index (Phi) is 10.7. The summed E-state index contributed by atoms with van der Waals surface area (Å²) in [4.78, 5) is 30.8. The molecule has 11 heteroatoms. The summed E-state index contributed by atoms with van der Waals surface area (Å²) in [5.74, 6) is -0.852. The molecule has 2 N–H and O–H groups in total. The van der Waals surface area contributed by atoms with Gasteiger partial charge < -0.3 is 19.4 Å². The van der Waals surface area contributed by atoms with Crippen molar-refractivity contribution in [1.29, 1.82) is 0 Å². The number of rotatable bonds is 11. The largest absolute Gasteiger partial charge is 0.494 e. The molecule has 0 aliphatic carbocycles. The third kappa shape index (κ3) is 8.64. The van der Waals surface area contributed by atoms with Crippen LogP contribution in [-0.4, -0.2) is 48.3 Å².